The monoisotopic (exact) mass is 746 g/mol. The molecule has 1 nitrogen and oxygen atoms in total. The van der Waals surface area contributed by atoms with Crippen LogP contribution in [0, 0.1) is 29.7 Å². The van der Waals surface area contributed by atoms with Crippen LogP contribution in [0.4, 0.5) is 0 Å². The molecule has 0 amide bonds. The van der Waals surface area contributed by atoms with Crippen LogP contribution in [-0.4, -0.2) is 15.1 Å². The van der Waals surface area contributed by atoms with Crippen LogP contribution in [0.1, 0.15) is 47.0 Å². The van der Waals surface area contributed by atoms with Crippen molar-refractivity contribution in [2.24, 2.45) is 23.7 Å². The number of hydrogen-bond acceptors (Lipinski definition) is 0. The van der Waals surface area contributed by atoms with E-state index in [-0.39, 0.29) is 40.9 Å². The van der Waals surface area contributed by atoms with Gasteiger partial charge in [-0.2, -0.15) is 11.1 Å². The minimum absolute atomic E-state index is 0. The summed E-state index contributed by atoms with van der Waals surface area (Å²) in [6.07, 6.45) is 7.12. The molecule has 5 aliphatic carbocycles. The molecule has 1 N–H and O–H groups in total. The normalized spacial score (nSPS) is 25.1. The van der Waals surface area contributed by atoms with E-state index in [0.29, 0.717) is 5.92 Å². The van der Waals surface area contributed by atoms with Crippen LogP contribution in [0.3, 0.4) is 0 Å². The smallest absolute Gasteiger partial charge is 0.103 e. The second-order valence-corrected chi connectivity index (χ2v) is 14.0. The first-order valence-electron chi connectivity index (χ1n) is 15.4. The molecular weight excluding hydrogens is 701 g/mol. The van der Waals surface area contributed by atoms with Crippen LogP contribution >= 0.6 is 0 Å². The maximum Gasteiger partial charge on any atom is 0.103 e. The zero-order valence-corrected chi connectivity index (χ0v) is 30.8. The van der Waals surface area contributed by atoms with Crippen LogP contribution in [0.25, 0.3) is 16.9 Å². The summed E-state index contributed by atoms with van der Waals surface area (Å²) in [4.78, 5) is 0. The Labute approximate surface area is 281 Å². The van der Waals surface area contributed by atoms with Gasteiger partial charge in [-0.15, -0.1) is 12.5 Å². The molecule has 1 radical (unpaired) electrons. The van der Waals surface area contributed by atoms with Gasteiger partial charge in [0, 0.05) is 25.8 Å². The van der Waals surface area contributed by atoms with E-state index in [2.05, 4.69) is 143 Å². The number of hydrogen-bond donors (Lipinski definition) is 0. The Kier molecular flexibility index (Phi) is 11.9. The number of nitrogens with one attached hydrogen (secondary N) is 1. The predicted octanol–water partition coefficient (Wildman–Crippen LogP) is 8.98. The van der Waals surface area contributed by atoms with Gasteiger partial charge in [0.05, 0.1) is 0 Å². The van der Waals surface area contributed by atoms with Crippen molar-refractivity contribution in [3.8, 4) is 11.1 Å². The Morgan fingerprint density at radius 1 is 0.605 bits per heavy atom. The molecule has 0 aromatic heterocycles. The molecule has 4 fully saturated rings. The molecule has 1 unspecified atom stereocenters. The van der Waals surface area contributed by atoms with E-state index in [4.69, 9.17) is 5.73 Å². The molecule has 0 saturated heterocycles. The van der Waals surface area contributed by atoms with E-state index in [1.54, 1.807) is 0 Å². The Morgan fingerprint density at radius 3 is 1.19 bits per heavy atom. The van der Waals surface area contributed by atoms with Gasteiger partial charge < -0.3 is 5.73 Å². The minimum atomic E-state index is 0. The molecule has 0 heterocycles. The van der Waals surface area contributed by atoms with E-state index < -0.39 is 0 Å². The van der Waals surface area contributed by atoms with Gasteiger partial charge in [-0.05, 0) is 28.9 Å². The topological polar surface area (TPSA) is 23.8 Å². The average Bonchev–Trinajstić information content (AvgIpc) is 3.39. The number of rotatable bonds is 3. The third kappa shape index (κ3) is 8.97. The fourth-order valence-electron chi connectivity index (χ4n) is 6.75. The molecular formula is C40H44HfNSi-2. The molecule has 219 valence electrons. The first kappa shape index (κ1) is 33.3. The standard InChI is InChI=1S/C12H11Si.C12H10.C9H13.C7H10N.Hf/c1-3-7-11(8-4-1)13-12-9-5-2-6-10-12;1-3-7-11(8-4-1)12-9-5-2-6-10-12;1-6-5-7(2)9(4)8(6)3;8-7-1-4-5(2-7)6(4)3-7;/h1-10,13H;1-10H;6H,1-4H3;4-6,8H,1-3H2;/q;;2*-1;. The van der Waals surface area contributed by atoms with Crippen molar-refractivity contribution in [2.45, 2.75) is 52.5 Å². The Balaban J connectivity index is 0.000000132. The summed E-state index contributed by atoms with van der Waals surface area (Å²) in [5, 5.41) is 2.90. The number of allylic oxidation sites excluding steroid dienone is 4. The molecule has 0 spiro atoms. The zero-order chi connectivity index (χ0) is 29.5. The average molecular weight is 745 g/mol. The van der Waals surface area contributed by atoms with Crippen LogP contribution in [0.15, 0.2) is 138 Å². The maximum absolute atomic E-state index is 7.79. The predicted molar refractivity (Wildman–Crippen MR) is 183 cm³/mol. The summed E-state index contributed by atoms with van der Waals surface area (Å²) in [5.41, 5.74) is 14.7. The van der Waals surface area contributed by atoms with Crippen LogP contribution in [0.2, 0.25) is 0 Å². The minimum Gasteiger partial charge on any atom is -0.672 e. The molecule has 0 aliphatic heterocycles. The summed E-state index contributed by atoms with van der Waals surface area (Å²) < 4.78 is 0. The van der Waals surface area contributed by atoms with Crippen molar-refractivity contribution in [3.63, 3.8) is 0 Å². The summed E-state index contributed by atoms with van der Waals surface area (Å²) in [7, 11) is 0.271. The summed E-state index contributed by atoms with van der Waals surface area (Å²) in [5.74, 6) is 3.66. The molecule has 4 aromatic rings. The third-order valence-electron chi connectivity index (χ3n) is 9.44. The fraction of sp³-hybridized carbons (Fsp3) is 0.300. The molecule has 4 bridgehead atoms. The van der Waals surface area contributed by atoms with Gasteiger partial charge >= 0.3 is 0 Å². The summed E-state index contributed by atoms with van der Waals surface area (Å²) >= 11 is 0. The Hall–Kier alpha value is -2.59. The number of benzene rings is 4. The quantitative estimate of drug-likeness (QED) is 0.148. The van der Waals surface area contributed by atoms with Gasteiger partial charge in [0.1, 0.15) is 9.52 Å². The van der Waals surface area contributed by atoms with Crippen molar-refractivity contribution in [2.75, 3.05) is 0 Å². The van der Waals surface area contributed by atoms with Crippen molar-refractivity contribution in [1.82, 2.24) is 0 Å². The van der Waals surface area contributed by atoms with Crippen molar-refractivity contribution >= 4 is 19.9 Å². The summed E-state index contributed by atoms with van der Waals surface area (Å²) in [6.45, 7) is 8.67. The van der Waals surface area contributed by atoms with Crippen molar-refractivity contribution in [3.05, 3.63) is 150 Å². The van der Waals surface area contributed by atoms with Crippen LogP contribution < -0.4 is 10.4 Å². The maximum atomic E-state index is 7.79. The van der Waals surface area contributed by atoms with Gasteiger partial charge in [0.15, 0.2) is 0 Å². The van der Waals surface area contributed by atoms with Gasteiger partial charge in [0.2, 0.25) is 0 Å². The fourth-order valence-corrected chi connectivity index (χ4v) is 7.96. The molecule has 9 rings (SSSR count). The molecule has 3 heteroatoms. The molecule has 43 heavy (non-hydrogen) atoms. The second kappa shape index (κ2) is 15.4. The first-order chi connectivity index (χ1) is 20.3. The van der Waals surface area contributed by atoms with Gasteiger partial charge in [0.25, 0.3) is 0 Å². The van der Waals surface area contributed by atoms with Crippen LogP contribution in [0.5, 0.6) is 0 Å². The van der Waals surface area contributed by atoms with E-state index >= 15 is 0 Å². The van der Waals surface area contributed by atoms with E-state index in [1.807, 2.05) is 12.1 Å². The van der Waals surface area contributed by atoms with E-state index in [1.165, 1.54) is 57.5 Å². The van der Waals surface area contributed by atoms with E-state index in [9.17, 15) is 0 Å². The van der Waals surface area contributed by atoms with Crippen molar-refractivity contribution < 1.29 is 25.8 Å². The molecule has 5 aliphatic rings. The summed E-state index contributed by atoms with van der Waals surface area (Å²) in [6, 6.07) is 42.1. The Morgan fingerprint density at radius 2 is 0.953 bits per heavy atom. The van der Waals surface area contributed by atoms with E-state index in [0.717, 1.165) is 17.8 Å². The third-order valence-corrected chi connectivity index (χ3v) is 10.9. The Bertz CT molecular complexity index is 1370. The molecule has 4 aromatic carbocycles. The van der Waals surface area contributed by atoms with Gasteiger partial charge in [-0.1, -0.05) is 178 Å². The molecule has 4 saturated carbocycles. The SMILES string of the molecule is CC1=[C-]C(C)C(C)=C1C.[Hf].[NH-]C12CC3C(C1)C3C2.c1ccc(-c2ccccc2)cc1.c1ccc([SiH]c2ccccc2)cc1. The van der Waals surface area contributed by atoms with Crippen LogP contribution in [-0.2, 0) is 25.8 Å². The first-order valence-corrected chi connectivity index (χ1v) is 16.6. The zero-order valence-electron chi connectivity index (χ0n) is 26.1. The molecule has 1 atom stereocenters. The van der Waals surface area contributed by atoms with Gasteiger partial charge in [-0.25, -0.2) is 5.57 Å². The van der Waals surface area contributed by atoms with Crippen molar-refractivity contribution in [1.29, 1.82) is 0 Å². The van der Waals surface area contributed by atoms with Gasteiger partial charge in [-0.3, -0.25) is 6.08 Å². The second-order valence-electron chi connectivity index (χ2n) is 12.4. The largest absolute Gasteiger partial charge is 0.672 e.